The molecule has 0 atom stereocenters. The quantitative estimate of drug-likeness (QED) is 0.250. The zero-order chi connectivity index (χ0) is 20.4. The van der Waals surface area contributed by atoms with E-state index in [9.17, 15) is 4.79 Å². The zero-order valence-corrected chi connectivity index (χ0v) is 17.9. The molecule has 0 aromatic heterocycles. The summed E-state index contributed by atoms with van der Waals surface area (Å²) in [7, 11) is 0. The summed E-state index contributed by atoms with van der Waals surface area (Å²) in [6.45, 7) is 5.00. The van der Waals surface area contributed by atoms with Crippen molar-refractivity contribution in [2.75, 3.05) is 19.8 Å². The number of hydrazone groups is 1. The molecule has 0 heterocycles. The van der Waals surface area contributed by atoms with Gasteiger partial charge in [0.25, 0.3) is 5.91 Å². The minimum atomic E-state index is -0.312. The third-order valence-corrected chi connectivity index (χ3v) is 4.24. The van der Waals surface area contributed by atoms with Crippen LogP contribution in [0.15, 0.2) is 41.5 Å². The number of hydrogen-bond donors (Lipinski definition) is 1. The van der Waals surface area contributed by atoms with Gasteiger partial charge in [-0.15, -0.1) is 6.42 Å². The Bertz CT molecular complexity index is 873. The van der Waals surface area contributed by atoms with Crippen LogP contribution >= 0.6 is 22.6 Å². The maximum atomic E-state index is 12.2. The number of carbonyl (C=O) groups excluding carboxylic acids is 1. The number of hydrogen-bond acceptors (Lipinski definition) is 5. The van der Waals surface area contributed by atoms with Crippen LogP contribution in [-0.2, 0) is 0 Å². The third-order valence-electron chi connectivity index (χ3n) is 3.44. The Morgan fingerprint density at radius 2 is 1.89 bits per heavy atom. The predicted molar refractivity (Wildman–Crippen MR) is 117 cm³/mol. The fourth-order valence-electron chi connectivity index (χ4n) is 2.28. The third kappa shape index (κ3) is 6.16. The Hall–Kier alpha value is -2.73. The average molecular weight is 492 g/mol. The van der Waals surface area contributed by atoms with Crippen molar-refractivity contribution >= 4 is 34.7 Å². The number of carbonyl (C=O) groups is 1. The molecule has 28 heavy (non-hydrogen) atoms. The number of benzene rings is 2. The second-order valence-corrected chi connectivity index (χ2v) is 6.57. The van der Waals surface area contributed by atoms with Crippen molar-refractivity contribution in [2.24, 2.45) is 5.10 Å². The van der Waals surface area contributed by atoms with Crippen LogP contribution in [0.5, 0.6) is 17.2 Å². The van der Waals surface area contributed by atoms with Gasteiger partial charge < -0.3 is 14.2 Å². The molecule has 0 radical (unpaired) electrons. The van der Waals surface area contributed by atoms with E-state index in [0.717, 1.165) is 9.13 Å². The maximum absolute atomic E-state index is 12.2. The summed E-state index contributed by atoms with van der Waals surface area (Å²) < 4.78 is 17.4. The van der Waals surface area contributed by atoms with Crippen LogP contribution in [0.1, 0.15) is 29.8 Å². The van der Waals surface area contributed by atoms with Crippen LogP contribution in [0.3, 0.4) is 0 Å². The van der Waals surface area contributed by atoms with E-state index in [2.05, 4.69) is 39.0 Å². The smallest absolute Gasteiger partial charge is 0.271 e. The minimum Gasteiger partial charge on any atom is -0.494 e. The largest absolute Gasteiger partial charge is 0.494 e. The predicted octanol–water partition coefficient (Wildman–Crippen LogP) is 3.86. The van der Waals surface area contributed by atoms with Gasteiger partial charge in [-0.05, 0) is 78.4 Å². The molecule has 0 saturated heterocycles. The summed E-state index contributed by atoms with van der Waals surface area (Å²) in [5, 5.41) is 4.02. The van der Waals surface area contributed by atoms with E-state index >= 15 is 0 Å². The van der Waals surface area contributed by atoms with Gasteiger partial charge in [0.2, 0.25) is 0 Å². The SMILES string of the molecule is C#CCOc1c(I)cc(/C=N/NC(=O)c2ccc(OCC)cc2)cc1OCC. The molecule has 0 fully saturated rings. The molecule has 0 bridgehead atoms. The lowest BCUT2D eigenvalue weighted by Crippen LogP contribution is -2.17. The molecule has 0 aliphatic heterocycles. The van der Waals surface area contributed by atoms with Gasteiger partial charge >= 0.3 is 0 Å². The molecule has 1 N–H and O–H groups in total. The highest BCUT2D eigenvalue weighted by molar-refractivity contribution is 14.1. The molecule has 2 aromatic rings. The fraction of sp³-hybridized carbons (Fsp3) is 0.238. The van der Waals surface area contributed by atoms with Crippen LogP contribution in [-0.4, -0.2) is 31.9 Å². The molecule has 0 unspecified atom stereocenters. The van der Waals surface area contributed by atoms with Gasteiger partial charge in [-0.2, -0.15) is 5.10 Å². The Morgan fingerprint density at radius 1 is 1.18 bits per heavy atom. The van der Waals surface area contributed by atoms with E-state index in [1.54, 1.807) is 36.5 Å². The molecule has 7 heteroatoms. The second kappa shape index (κ2) is 11.2. The summed E-state index contributed by atoms with van der Waals surface area (Å²) >= 11 is 2.14. The number of rotatable bonds is 9. The number of nitrogens with one attached hydrogen (secondary N) is 1. The standard InChI is InChI=1S/C21H21IN2O4/c1-4-11-28-20-18(22)12-15(13-19(20)27-6-3)14-23-24-21(25)16-7-9-17(10-8-16)26-5-2/h1,7-10,12-14H,5-6,11H2,2-3H3,(H,24,25)/b23-14+. The molecular weight excluding hydrogens is 471 g/mol. The highest BCUT2D eigenvalue weighted by atomic mass is 127. The molecule has 0 spiro atoms. The molecule has 0 aliphatic carbocycles. The lowest BCUT2D eigenvalue weighted by molar-refractivity contribution is 0.0955. The van der Waals surface area contributed by atoms with Crippen LogP contribution < -0.4 is 19.6 Å². The number of halogens is 1. The molecule has 2 aromatic carbocycles. The molecule has 0 saturated carbocycles. The Balaban J connectivity index is 2.08. The zero-order valence-electron chi connectivity index (χ0n) is 15.7. The molecule has 2 rings (SSSR count). The molecule has 0 aliphatic rings. The van der Waals surface area contributed by atoms with Crippen molar-refractivity contribution in [1.29, 1.82) is 0 Å². The summed E-state index contributed by atoms with van der Waals surface area (Å²) in [5.74, 6) is 4.01. The Kier molecular flexibility index (Phi) is 8.62. The van der Waals surface area contributed by atoms with Crippen LogP contribution in [0, 0.1) is 15.9 Å². The lowest BCUT2D eigenvalue weighted by atomic mass is 10.2. The Labute approximate surface area is 178 Å². The molecule has 146 valence electrons. The van der Waals surface area contributed by atoms with E-state index in [4.69, 9.17) is 20.6 Å². The minimum absolute atomic E-state index is 0.154. The first-order valence-corrected chi connectivity index (χ1v) is 9.75. The van der Waals surface area contributed by atoms with Crippen molar-refractivity contribution in [2.45, 2.75) is 13.8 Å². The average Bonchev–Trinajstić information content (AvgIpc) is 2.68. The fourth-order valence-corrected chi connectivity index (χ4v) is 3.06. The van der Waals surface area contributed by atoms with Gasteiger partial charge in [0.1, 0.15) is 12.4 Å². The van der Waals surface area contributed by atoms with Crippen LogP contribution in [0.2, 0.25) is 0 Å². The first-order chi connectivity index (χ1) is 13.6. The second-order valence-electron chi connectivity index (χ2n) is 5.41. The van der Waals surface area contributed by atoms with Crippen molar-refractivity contribution < 1.29 is 19.0 Å². The summed E-state index contributed by atoms with van der Waals surface area (Å²) in [4.78, 5) is 12.2. The first-order valence-electron chi connectivity index (χ1n) is 8.67. The van der Waals surface area contributed by atoms with E-state index in [1.165, 1.54) is 0 Å². The molecular formula is C21H21IN2O4. The van der Waals surface area contributed by atoms with E-state index < -0.39 is 0 Å². The van der Waals surface area contributed by atoms with Crippen molar-refractivity contribution in [3.8, 4) is 29.6 Å². The highest BCUT2D eigenvalue weighted by Crippen LogP contribution is 2.33. The van der Waals surface area contributed by atoms with Gasteiger partial charge in [-0.25, -0.2) is 5.43 Å². The van der Waals surface area contributed by atoms with E-state index in [1.807, 2.05) is 19.9 Å². The summed E-state index contributed by atoms with van der Waals surface area (Å²) in [6.07, 6.45) is 6.80. The summed E-state index contributed by atoms with van der Waals surface area (Å²) in [5.41, 5.74) is 3.75. The molecule has 6 nitrogen and oxygen atoms in total. The van der Waals surface area contributed by atoms with Crippen molar-refractivity contribution in [3.05, 3.63) is 51.1 Å². The van der Waals surface area contributed by atoms with Gasteiger partial charge in [-0.1, -0.05) is 5.92 Å². The van der Waals surface area contributed by atoms with Crippen molar-refractivity contribution in [1.82, 2.24) is 5.43 Å². The monoisotopic (exact) mass is 492 g/mol. The topological polar surface area (TPSA) is 69.2 Å². The summed E-state index contributed by atoms with van der Waals surface area (Å²) in [6, 6.07) is 10.5. The number of nitrogens with zero attached hydrogens (tertiary/aromatic N) is 1. The Morgan fingerprint density at radius 3 is 2.54 bits per heavy atom. The van der Waals surface area contributed by atoms with E-state index in [0.29, 0.717) is 36.0 Å². The number of terminal acetylenes is 1. The maximum Gasteiger partial charge on any atom is 0.271 e. The van der Waals surface area contributed by atoms with Crippen LogP contribution in [0.25, 0.3) is 0 Å². The van der Waals surface area contributed by atoms with Crippen molar-refractivity contribution in [3.63, 3.8) is 0 Å². The lowest BCUT2D eigenvalue weighted by Gasteiger charge is -2.13. The normalized spacial score (nSPS) is 10.4. The first kappa shape index (κ1) is 21.6. The number of ether oxygens (including phenoxy) is 3. The highest BCUT2D eigenvalue weighted by Gasteiger charge is 2.11. The number of amides is 1. The van der Waals surface area contributed by atoms with Gasteiger partial charge in [-0.3, -0.25) is 4.79 Å². The van der Waals surface area contributed by atoms with Gasteiger partial charge in [0.15, 0.2) is 11.5 Å². The van der Waals surface area contributed by atoms with Gasteiger partial charge in [0, 0.05) is 5.56 Å². The van der Waals surface area contributed by atoms with Gasteiger partial charge in [0.05, 0.1) is 23.0 Å². The van der Waals surface area contributed by atoms with E-state index in [-0.39, 0.29) is 12.5 Å². The molecule has 1 amide bonds. The van der Waals surface area contributed by atoms with Crippen LogP contribution in [0.4, 0.5) is 0 Å².